The van der Waals surface area contributed by atoms with Crippen LogP contribution in [0.4, 0.5) is 0 Å². The van der Waals surface area contributed by atoms with Crippen molar-refractivity contribution < 1.29 is 8.42 Å². The molecule has 0 radical (unpaired) electrons. The summed E-state index contributed by atoms with van der Waals surface area (Å²) in [4.78, 5) is 0.152. The first-order valence-electron chi connectivity index (χ1n) is 3.01. The Balaban J connectivity index is 0.00000121. The van der Waals surface area contributed by atoms with Crippen molar-refractivity contribution >= 4 is 49.3 Å². The van der Waals surface area contributed by atoms with E-state index in [1.807, 2.05) is 13.0 Å². The fraction of sp³-hybridized carbons (Fsp3) is 0.143. The summed E-state index contributed by atoms with van der Waals surface area (Å²) in [5, 5.41) is 0. The number of benzene rings is 1. The van der Waals surface area contributed by atoms with E-state index >= 15 is 0 Å². The van der Waals surface area contributed by atoms with E-state index in [4.69, 9.17) is 10.7 Å². The number of halogens is 1. The molecule has 0 aliphatic rings. The maximum absolute atomic E-state index is 10.8. The Hall–Kier alpha value is 0.460. The Morgan fingerprint density at radius 1 is 1.33 bits per heavy atom. The first-order valence-corrected chi connectivity index (χ1v) is 5.32. The predicted molar refractivity (Wildman–Crippen MR) is 51.4 cm³/mol. The Morgan fingerprint density at radius 3 is 2.25 bits per heavy atom. The molecule has 0 aliphatic heterocycles. The molecule has 0 atom stereocenters. The van der Waals surface area contributed by atoms with Crippen LogP contribution >= 0.6 is 10.7 Å². The monoisotopic (exact) mass is 214 g/mol. The van der Waals surface area contributed by atoms with Crippen molar-refractivity contribution in [3.05, 3.63) is 29.8 Å². The molecule has 1 aromatic carbocycles. The van der Waals surface area contributed by atoms with Gasteiger partial charge in [-0.15, -0.1) is 0 Å². The molecule has 2 nitrogen and oxygen atoms in total. The molecule has 12 heavy (non-hydrogen) atoms. The van der Waals surface area contributed by atoms with Crippen LogP contribution in [0.25, 0.3) is 0 Å². The quantitative estimate of drug-likeness (QED) is 0.521. The second-order valence-electron chi connectivity index (χ2n) is 2.25. The molecule has 0 fully saturated rings. The Labute approximate surface area is 98.6 Å². The predicted octanol–water partition coefficient (Wildman–Crippen LogP) is 1.27. The zero-order valence-electron chi connectivity index (χ0n) is 5.91. The van der Waals surface area contributed by atoms with Crippen LogP contribution in [-0.4, -0.2) is 38.0 Å². The number of hydrogen-bond donors (Lipinski definition) is 0. The summed E-state index contributed by atoms with van der Waals surface area (Å²) in [7, 11) is 1.55. The molecule has 0 amide bonds. The van der Waals surface area contributed by atoms with E-state index in [0.717, 1.165) is 5.56 Å². The minimum absolute atomic E-state index is 0. The molecule has 5 heteroatoms. The van der Waals surface area contributed by atoms with Gasteiger partial charge < -0.3 is 0 Å². The van der Waals surface area contributed by atoms with Crippen LogP contribution in [0, 0.1) is 6.92 Å². The van der Waals surface area contributed by atoms with Gasteiger partial charge in [-0.2, -0.15) is 0 Å². The van der Waals surface area contributed by atoms with Crippen molar-refractivity contribution in [3.63, 3.8) is 0 Å². The summed E-state index contributed by atoms with van der Waals surface area (Å²) in [5.41, 5.74) is 0.881. The zero-order chi connectivity index (χ0) is 8.48. The molecule has 1 aromatic rings. The summed E-state index contributed by atoms with van der Waals surface area (Å²) in [6.07, 6.45) is 0. The Morgan fingerprint density at radius 2 is 1.92 bits per heavy atom. The molecule has 0 N–H and O–H groups in total. The number of hydrogen-bond acceptors (Lipinski definition) is 2. The van der Waals surface area contributed by atoms with Gasteiger partial charge in [0, 0.05) is 10.7 Å². The van der Waals surface area contributed by atoms with E-state index in [1.54, 1.807) is 6.07 Å². The third-order valence-electron chi connectivity index (χ3n) is 1.27. The molecule has 0 saturated heterocycles. The van der Waals surface area contributed by atoms with Crippen molar-refractivity contribution in [2.24, 2.45) is 0 Å². The second kappa shape index (κ2) is 4.63. The van der Waals surface area contributed by atoms with Crippen molar-refractivity contribution in [2.75, 3.05) is 0 Å². The van der Waals surface area contributed by atoms with Crippen LogP contribution in [-0.2, 0) is 9.05 Å². The Kier molecular flexibility index (Phi) is 4.81. The van der Waals surface area contributed by atoms with Gasteiger partial charge in [-0.3, -0.25) is 0 Å². The van der Waals surface area contributed by atoms with Gasteiger partial charge in [0.15, 0.2) is 0 Å². The maximum atomic E-state index is 10.8. The van der Waals surface area contributed by atoms with Gasteiger partial charge in [-0.25, -0.2) is 8.42 Å². The van der Waals surface area contributed by atoms with Gasteiger partial charge in [0.2, 0.25) is 0 Å². The zero-order valence-corrected chi connectivity index (χ0v) is 7.48. The molecule has 0 spiro atoms. The van der Waals surface area contributed by atoms with Gasteiger partial charge >= 0.3 is 29.6 Å². The summed E-state index contributed by atoms with van der Waals surface area (Å²) < 4.78 is 21.5. The normalized spacial score (nSPS) is 10.5. The Bertz CT molecular complexity index is 361. The van der Waals surface area contributed by atoms with Crippen molar-refractivity contribution in [3.8, 4) is 0 Å². The molecule has 62 valence electrons. The molecule has 0 saturated carbocycles. The van der Waals surface area contributed by atoms with Gasteiger partial charge in [0.05, 0.1) is 4.90 Å². The summed E-state index contributed by atoms with van der Waals surface area (Å²) in [6.45, 7) is 1.81. The van der Waals surface area contributed by atoms with Crippen LogP contribution in [0.15, 0.2) is 29.2 Å². The average Bonchev–Trinajstić information content (AvgIpc) is 1.86. The van der Waals surface area contributed by atoms with Crippen LogP contribution in [0.5, 0.6) is 0 Å². The van der Waals surface area contributed by atoms with Crippen LogP contribution in [0.2, 0.25) is 0 Å². The molecule has 0 bridgehead atoms. The third-order valence-corrected chi connectivity index (χ3v) is 2.62. The van der Waals surface area contributed by atoms with E-state index < -0.39 is 9.05 Å². The van der Waals surface area contributed by atoms with Crippen molar-refractivity contribution in [2.45, 2.75) is 11.8 Å². The first kappa shape index (κ1) is 12.5. The topological polar surface area (TPSA) is 34.1 Å². The van der Waals surface area contributed by atoms with E-state index in [1.165, 1.54) is 12.1 Å². The number of aryl methyl sites for hydroxylation is 1. The molecule has 0 unspecified atom stereocenters. The fourth-order valence-electron chi connectivity index (χ4n) is 0.767. The first-order chi connectivity index (χ1) is 5.00. The van der Waals surface area contributed by atoms with E-state index in [-0.39, 0.29) is 34.5 Å². The van der Waals surface area contributed by atoms with Crippen molar-refractivity contribution in [1.29, 1.82) is 0 Å². The van der Waals surface area contributed by atoms with Gasteiger partial charge in [-0.1, -0.05) is 12.1 Å². The van der Waals surface area contributed by atoms with Crippen LogP contribution in [0.3, 0.4) is 0 Å². The minimum atomic E-state index is -3.55. The summed E-state index contributed by atoms with van der Waals surface area (Å²) in [6, 6.07) is 6.47. The van der Waals surface area contributed by atoms with Gasteiger partial charge in [0.25, 0.3) is 9.05 Å². The summed E-state index contributed by atoms with van der Waals surface area (Å²) in [5.74, 6) is 0. The second-order valence-corrected chi connectivity index (χ2v) is 4.82. The standard InChI is InChI=1S/C7H7ClO2S.Na.H/c1-6-3-2-4-7(5-6)11(8,9)10;;/h2-5H,1H3;;. The van der Waals surface area contributed by atoms with Crippen LogP contribution < -0.4 is 0 Å². The van der Waals surface area contributed by atoms with Gasteiger partial charge in [-0.05, 0) is 24.6 Å². The molecular weight excluding hydrogens is 207 g/mol. The van der Waals surface area contributed by atoms with E-state index in [0.29, 0.717) is 0 Å². The average molecular weight is 215 g/mol. The molecule has 1 rings (SSSR count). The van der Waals surface area contributed by atoms with Gasteiger partial charge in [0.1, 0.15) is 0 Å². The number of rotatable bonds is 1. The fourth-order valence-corrected chi connectivity index (χ4v) is 1.62. The van der Waals surface area contributed by atoms with E-state index in [2.05, 4.69) is 0 Å². The molecule has 0 aromatic heterocycles. The molecule has 0 heterocycles. The van der Waals surface area contributed by atoms with Crippen molar-refractivity contribution in [1.82, 2.24) is 0 Å². The summed E-state index contributed by atoms with van der Waals surface area (Å²) >= 11 is 0. The third kappa shape index (κ3) is 3.46. The molecule has 0 aliphatic carbocycles. The van der Waals surface area contributed by atoms with Crippen LogP contribution in [0.1, 0.15) is 5.56 Å². The molecular formula is C7H8ClNaO2S. The van der Waals surface area contributed by atoms with E-state index in [9.17, 15) is 8.42 Å². The SMILES string of the molecule is Cc1cccc(S(=O)(=O)Cl)c1.[NaH].